The molecule has 9 heteroatoms. The lowest BCUT2D eigenvalue weighted by Crippen LogP contribution is -2.37. The Morgan fingerprint density at radius 3 is 2.31 bits per heavy atom. The lowest BCUT2D eigenvalue weighted by Gasteiger charge is -2.19. The van der Waals surface area contributed by atoms with Crippen molar-refractivity contribution in [3.8, 4) is 11.5 Å². The molecular formula is C20H19F3N2O4. The standard InChI is InChI=1S/C20H19F3N2O4/c1-28-16-8-7-15(10-17(16)29-2)25-11-14(9-18(25)26)24-19(27)12-3-5-13(6-4-12)20(21,22)23/h3-8,10,14H,9,11H2,1-2H3,(H,24,27)/t14-/m1/s1. The highest BCUT2D eigenvalue weighted by Gasteiger charge is 2.33. The molecule has 0 bridgehead atoms. The summed E-state index contributed by atoms with van der Waals surface area (Å²) in [6.45, 7) is 0.237. The molecule has 1 saturated heterocycles. The molecule has 1 aliphatic rings. The van der Waals surface area contributed by atoms with Crippen LogP contribution in [0.3, 0.4) is 0 Å². The van der Waals surface area contributed by atoms with Crippen LogP contribution in [0.1, 0.15) is 22.3 Å². The third-order valence-electron chi connectivity index (χ3n) is 4.61. The monoisotopic (exact) mass is 408 g/mol. The van der Waals surface area contributed by atoms with Crippen LogP contribution in [0.4, 0.5) is 18.9 Å². The highest BCUT2D eigenvalue weighted by molar-refractivity contribution is 5.99. The van der Waals surface area contributed by atoms with Gasteiger partial charge in [0.1, 0.15) is 0 Å². The largest absolute Gasteiger partial charge is 0.493 e. The number of hydrogen-bond acceptors (Lipinski definition) is 4. The number of methoxy groups -OCH3 is 2. The van der Waals surface area contributed by atoms with Crippen molar-refractivity contribution in [3.05, 3.63) is 53.6 Å². The summed E-state index contributed by atoms with van der Waals surface area (Å²) < 4.78 is 48.3. The second-order valence-corrected chi connectivity index (χ2v) is 6.49. The molecule has 1 fully saturated rings. The number of carbonyl (C=O) groups is 2. The third kappa shape index (κ3) is 4.44. The van der Waals surface area contributed by atoms with Crippen LogP contribution in [0, 0.1) is 0 Å². The van der Waals surface area contributed by atoms with E-state index < -0.39 is 23.7 Å². The molecule has 0 aliphatic carbocycles. The number of anilines is 1. The molecule has 0 unspecified atom stereocenters. The lowest BCUT2D eigenvalue weighted by molar-refractivity contribution is -0.137. The van der Waals surface area contributed by atoms with Crippen molar-refractivity contribution >= 4 is 17.5 Å². The number of nitrogens with one attached hydrogen (secondary N) is 1. The van der Waals surface area contributed by atoms with Crippen LogP contribution in [-0.2, 0) is 11.0 Å². The van der Waals surface area contributed by atoms with E-state index in [4.69, 9.17) is 9.47 Å². The summed E-state index contributed by atoms with van der Waals surface area (Å²) in [5, 5.41) is 2.70. The van der Waals surface area contributed by atoms with E-state index in [1.807, 2.05) is 0 Å². The van der Waals surface area contributed by atoms with E-state index >= 15 is 0 Å². The summed E-state index contributed by atoms with van der Waals surface area (Å²) in [5.41, 5.74) is -0.140. The van der Waals surface area contributed by atoms with Crippen LogP contribution >= 0.6 is 0 Å². The van der Waals surface area contributed by atoms with E-state index in [2.05, 4.69) is 5.32 Å². The lowest BCUT2D eigenvalue weighted by atomic mass is 10.1. The zero-order chi connectivity index (χ0) is 21.2. The number of halogens is 3. The smallest absolute Gasteiger partial charge is 0.416 e. The SMILES string of the molecule is COc1ccc(N2C[C@H](NC(=O)c3ccc(C(F)(F)F)cc3)CC2=O)cc1OC. The first-order valence-corrected chi connectivity index (χ1v) is 8.73. The van der Waals surface area contributed by atoms with Crippen molar-refractivity contribution in [3.63, 3.8) is 0 Å². The normalized spacial score (nSPS) is 16.7. The molecule has 0 saturated carbocycles. The van der Waals surface area contributed by atoms with Gasteiger partial charge in [-0.2, -0.15) is 13.2 Å². The molecule has 29 heavy (non-hydrogen) atoms. The minimum Gasteiger partial charge on any atom is -0.493 e. The third-order valence-corrected chi connectivity index (χ3v) is 4.61. The molecule has 1 atom stereocenters. The van der Waals surface area contributed by atoms with Crippen LogP contribution in [0.15, 0.2) is 42.5 Å². The average molecular weight is 408 g/mol. The summed E-state index contributed by atoms with van der Waals surface area (Å²) in [7, 11) is 2.99. The number of nitrogens with zero attached hydrogens (tertiary/aromatic N) is 1. The predicted molar refractivity (Wildman–Crippen MR) is 99.2 cm³/mol. The molecule has 3 rings (SSSR count). The average Bonchev–Trinajstić information content (AvgIpc) is 3.06. The number of amides is 2. The molecule has 1 heterocycles. The number of carbonyl (C=O) groups excluding carboxylic acids is 2. The number of hydrogen-bond donors (Lipinski definition) is 1. The Kier molecular flexibility index (Phi) is 5.67. The van der Waals surface area contributed by atoms with Crippen LogP contribution in [-0.4, -0.2) is 38.6 Å². The van der Waals surface area contributed by atoms with Crippen molar-refractivity contribution in [1.29, 1.82) is 0 Å². The molecular weight excluding hydrogens is 389 g/mol. The Balaban J connectivity index is 1.68. The fourth-order valence-corrected chi connectivity index (χ4v) is 3.13. The maximum Gasteiger partial charge on any atom is 0.416 e. The number of ether oxygens (including phenoxy) is 2. The molecule has 2 amide bonds. The van der Waals surface area contributed by atoms with Gasteiger partial charge in [0.2, 0.25) is 5.91 Å². The predicted octanol–water partition coefficient (Wildman–Crippen LogP) is 3.26. The topological polar surface area (TPSA) is 67.9 Å². The van der Waals surface area contributed by atoms with Crippen molar-refractivity contribution in [2.24, 2.45) is 0 Å². The summed E-state index contributed by atoms with van der Waals surface area (Å²) in [5.74, 6) is 0.269. The van der Waals surface area contributed by atoms with E-state index in [9.17, 15) is 22.8 Å². The maximum atomic E-state index is 12.6. The Hall–Kier alpha value is -3.23. The van der Waals surface area contributed by atoms with E-state index in [0.717, 1.165) is 24.3 Å². The fraction of sp³-hybridized carbons (Fsp3) is 0.300. The van der Waals surface area contributed by atoms with Gasteiger partial charge in [0.05, 0.1) is 25.8 Å². The fourth-order valence-electron chi connectivity index (χ4n) is 3.13. The van der Waals surface area contributed by atoms with Gasteiger partial charge >= 0.3 is 6.18 Å². The van der Waals surface area contributed by atoms with E-state index in [-0.39, 0.29) is 24.4 Å². The number of rotatable bonds is 5. The van der Waals surface area contributed by atoms with Gasteiger partial charge in [0.25, 0.3) is 5.91 Å². The van der Waals surface area contributed by atoms with Gasteiger partial charge < -0.3 is 19.7 Å². The summed E-state index contributed by atoms with van der Waals surface area (Å²) in [6, 6.07) is 8.51. The van der Waals surface area contributed by atoms with Gasteiger partial charge in [0, 0.05) is 30.3 Å². The van der Waals surface area contributed by atoms with Crippen molar-refractivity contribution in [2.75, 3.05) is 25.7 Å². The molecule has 0 radical (unpaired) electrons. The molecule has 154 valence electrons. The van der Waals surface area contributed by atoms with Crippen molar-refractivity contribution in [1.82, 2.24) is 5.32 Å². The molecule has 1 N–H and O–H groups in total. The molecule has 1 aliphatic heterocycles. The Morgan fingerprint density at radius 1 is 1.07 bits per heavy atom. The van der Waals surface area contributed by atoms with Gasteiger partial charge in [-0.25, -0.2) is 0 Å². The minimum absolute atomic E-state index is 0.0840. The highest BCUT2D eigenvalue weighted by Crippen LogP contribution is 2.33. The molecule has 0 spiro atoms. The zero-order valence-corrected chi connectivity index (χ0v) is 15.7. The van der Waals surface area contributed by atoms with Crippen LogP contribution in [0.5, 0.6) is 11.5 Å². The second-order valence-electron chi connectivity index (χ2n) is 6.49. The minimum atomic E-state index is -4.47. The first kappa shape index (κ1) is 20.5. The quantitative estimate of drug-likeness (QED) is 0.825. The van der Waals surface area contributed by atoms with Crippen molar-refractivity contribution in [2.45, 2.75) is 18.6 Å². The van der Waals surface area contributed by atoms with Gasteiger partial charge in [-0.15, -0.1) is 0 Å². The Bertz CT molecular complexity index is 913. The Morgan fingerprint density at radius 2 is 1.72 bits per heavy atom. The summed E-state index contributed by atoms with van der Waals surface area (Å²) >= 11 is 0. The number of alkyl halides is 3. The summed E-state index contributed by atoms with van der Waals surface area (Å²) in [4.78, 5) is 26.2. The van der Waals surface area contributed by atoms with Crippen LogP contribution in [0.25, 0.3) is 0 Å². The Labute approximate surface area is 165 Å². The second kappa shape index (κ2) is 8.02. The molecule has 2 aromatic carbocycles. The highest BCUT2D eigenvalue weighted by atomic mass is 19.4. The molecule has 6 nitrogen and oxygen atoms in total. The van der Waals surface area contributed by atoms with E-state index in [0.29, 0.717) is 17.2 Å². The number of benzene rings is 2. The van der Waals surface area contributed by atoms with E-state index in [1.54, 1.807) is 18.2 Å². The molecule has 0 aromatic heterocycles. The molecule has 2 aromatic rings. The van der Waals surface area contributed by atoms with Gasteiger partial charge in [0.15, 0.2) is 11.5 Å². The van der Waals surface area contributed by atoms with Gasteiger partial charge in [-0.1, -0.05) is 0 Å². The van der Waals surface area contributed by atoms with Gasteiger partial charge in [-0.05, 0) is 36.4 Å². The first-order valence-electron chi connectivity index (χ1n) is 8.73. The maximum absolute atomic E-state index is 12.6. The van der Waals surface area contributed by atoms with Crippen molar-refractivity contribution < 1.29 is 32.2 Å². The first-order chi connectivity index (χ1) is 13.7. The van der Waals surface area contributed by atoms with Gasteiger partial charge in [-0.3, -0.25) is 9.59 Å². The van der Waals surface area contributed by atoms with E-state index in [1.165, 1.54) is 19.1 Å². The van der Waals surface area contributed by atoms with Crippen LogP contribution < -0.4 is 19.7 Å². The zero-order valence-electron chi connectivity index (χ0n) is 15.7. The summed E-state index contributed by atoms with van der Waals surface area (Å²) in [6.07, 6.45) is -4.38. The van der Waals surface area contributed by atoms with Crippen LogP contribution in [0.2, 0.25) is 0 Å².